The number of ether oxygens (including phenoxy) is 1. The van der Waals surface area contributed by atoms with Crippen molar-refractivity contribution < 1.29 is 19.1 Å². The van der Waals surface area contributed by atoms with Gasteiger partial charge in [-0.1, -0.05) is 20.8 Å². The van der Waals surface area contributed by atoms with Crippen molar-refractivity contribution in [1.29, 1.82) is 0 Å². The first-order valence-electron chi connectivity index (χ1n) is 7.94. The van der Waals surface area contributed by atoms with E-state index in [1.807, 2.05) is 34.6 Å². The second kappa shape index (κ2) is 6.13. The summed E-state index contributed by atoms with van der Waals surface area (Å²) in [4.78, 5) is 13.7. The van der Waals surface area contributed by atoms with Gasteiger partial charge in [-0.3, -0.25) is 0 Å². The molecule has 1 heterocycles. The number of aliphatic hydroxyl groups is 1. The van der Waals surface area contributed by atoms with Gasteiger partial charge in [0.25, 0.3) is 0 Å². The molecule has 0 saturated carbocycles. The molecule has 22 heavy (non-hydrogen) atoms. The van der Waals surface area contributed by atoms with Crippen LogP contribution in [0.4, 0.5) is 4.79 Å². The fourth-order valence-electron chi connectivity index (χ4n) is 2.36. The Labute approximate surface area is 137 Å². The van der Waals surface area contributed by atoms with Crippen LogP contribution in [0.5, 0.6) is 0 Å². The quantitative estimate of drug-likeness (QED) is 0.803. The summed E-state index contributed by atoms with van der Waals surface area (Å²) < 4.78 is 11.6. The van der Waals surface area contributed by atoms with Crippen molar-refractivity contribution in [2.75, 3.05) is 19.7 Å². The van der Waals surface area contributed by atoms with E-state index in [0.29, 0.717) is 13.1 Å². The average Bonchev–Trinajstić information content (AvgIpc) is 2.22. The monoisotopic (exact) mass is 331 g/mol. The third-order valence-corrected chi connectivity index (χ3v) is 5.82. The smallest absolute Gasteiger partial charge is 0.410 e. The van der Waals surface area contributed by atoms with E-state index in [4.69, 9.17) is 9.16 Å². The number of hydrogen-bond donors (Lipinski definition) is 1. The lowest BCUT2D eigenvalue weighted by molar-refractivity contribution is -0.148. The third kappa shape index (κ3) is 4.70. The largest absolute Gasteiger partial charge is 0.444 e. The van der Waals surface area contributed by atoms with Gasteiger partial charge >= 0.3 is 6.09 Å². The molecule has 1 rings (SSSR count). The van der Waals surface area contributed by atoms with Crippen LogP contribution in [0.15, 0.2) is 0 Å². The SMILES string of the molecule is CC(C)(C)OC(=O)N1CC(CO)(C(C)(C)O[SiH2]C(C)(C)C)C1. The first kappa shape index (κ1) is 19.5. The number of carbonyl (C=O) groups excluding carboxylic acids is 1. The summed E-state index contributed by atoms with van der Waals surface area (Å²) in [6, 6.07) is 0. The average molecular weight is 332 g/mol. The van der Waals surface area contributed by atoms with Crippen LogP contribution >= 0.6 is 0 Å². The fourth-order valence-corrected chi connectivity index (χ4v) is 3.46. The topological polar surface area (TPSA) is 59.0 Å². The minimum atomic E-state index is -0.729. The summed E-state index contributed by atoms with van der Waals surface area (Å²) in [6.45, 7) is 17.1. The Bertz CT molecular complexity index is 403. The Morgan fingerprint density at radius 1 is 1.14 bits per heavy atom. The van der Waals surface area contributed by atoms with Gasteiger partial charge in [-0.05, 0) is 39.7 Å². The zero-order valence-electron chi connectivity index (χ0n) is 15.4. The van der Waals surface area contributed by atoms with E-state index in [9.17, 15) is 9.90 Å². The maximum absolute atomic E-state index is 12.1. The van der Waals surface area contributed by atoms with Crippen molar-refractivity contribution >= 4 is 15.9 Å². The third-order valence-electron chi connectivity index (χ3n) is 4.08. The molecule has 0 radical (unpaired) electrons. The van der Waals surface area contributed by atoms with Gasteiger partial charge in [-0.15, -0.1) is 0 Å². The molecule has 130 valence electrons. The molecule has 0 unspecified atom stereocenters. The summed E-state index contributed by atoms with van der Waals surface area (Å²) in [5.74, 6) is 0. The molecule has 1 aliphatic heterocycles. The van der Waals surface area contributed by atoms with E-state index < -0.39 is 26.4 Å². The highest BCUT2D eigenvalue weighted by molar-refractivity contribution is 6.31. The van der Waals surface area contributed by atoms with Crippen LogP contribution in [-0.4, -0.2) is 56.8 Å². The molecule has 0 aromatic carbocycles. The molecule has 1 fully saturated rings. The Kier molecular flexibility index (Phi) is 5.42. The van der Waals surface area contributed by atoms with Crippen LogP contribution < -0.4 is 0 Å². The summed E-state index contributed by atoms with van der Waals surface area (Å²) in [5.41, 5.74) is -1.35. The summed E-state index contributed by atoms with van der Waals surface area (Å²) in [6.07, 6.45) is -0.319. The lowest BCUT2D eigenvalue weighted by Crippen LogP contribution is -2.69. The van der Waals surface area contributed by atoms with E-state index in [2.05, 4.69) is 20.8 Å². The lowest BCUT2D eigenvalue weighted by Gasteiger charge is -2.57. The van der Waals surface area contributed by atoms with Gasteiger partial charge < -0.3 is 19.2 Å². The van der Waals surface area contributed by atoms with E-state index in [1.54, 1.807) is 4.90 Å². The molecule has 5 nitrogen and oxygen atoms in total. The van der Waals surface area contributed by atoms with Gasteiger partial charge in [0.15, 0.2) is 9.76 Å². The van der Waals surface area contributed by atoms with Crippen LogP contribution in [0.2, 0.25) is 5.04 Å². The van der Waals surface area contributed by atoms with Crippen LogP contribution in [-0.2, 0) is 9.16 Å². The molecule has 0 spiro atoms. The minimum absolute atomic E-state index is 0.0117. The van der Waals surface area contributed by atoms with Crippen molar-refractivity contribution in [1.82, 2.24) is 4.90 Å². The standard InChI is InChI=1S/C16H33NO4Si/c1-13(2,3)20-12(19)17-9-16(10-17,11-18)15(7,8)21-22-14(4,5)6/h18H,9-11,22H2,1-8H3. The predicted octanol–water partition coefficient (Wildman–Crippen LogP) is 2.31. The summed E-state index contributed by atoms with van der Waals surface area (Å²) >= 11 is 0. The van der Waals surface area contributed by atoms with Crippen molar-refractivity contribution in [2.24, 2.45) is 5.41 Å². The zero-order valence-corrected chi connectivity index (χ0v) is 16.9. The van der Waals surface area contributed by atoms with Crippen LogP contribution in [0.1, 0.15) is 55.4 Å². The van der Waals surface area contributed by atoms with Crippen molar-refractivity contribution in [3.63, 3.8) is 0 Å². The predicted molar refractivity (Wildman–Crippen MR) is 90.7 cm³/mol. The molecular weight excluding hydrogens is 298 g/mol. The number of aliphatic hydroxyl groups excluding tert-OH is 1. The molecule has 1 aliphatic rings. The van der Waals surface area contributed by atoms with Gasteiger partial charge in [-0.25, -0.2) is 4.79 Å². The number of amides is 1. The van der Waals surface area contributed by atoms with E-state index in [1.165, 1.54) is 0 Å². The van der Waals surface area contributed by atoms with Crippen LogP contribution in [0, 0.1) is 5.41 Å². The highest BCUT2D eigenvalue weighted by Crippen LogP contribution is 2.43. The van der Waals surface area contributed by atoms with E-state index >= 15 is 0 Å². The Morgan fingerprint density at radius 2 is 1.64 bits per heavy atom. The second-order valence-electron chi connectivity index (χ2n) is 9.13. The van der Waals surface area contributed by atoms with Crippen molar-refractivity contribution in [3.05, 3.63) is 0 Å². The van der Waals surface area contributed by atoms with Gasteiger partial charge in [0.1, 0.15) is 5.60 Å². The highest BCUT2D eigenvalue weighted by atomic mass is 28.2. The van der Waals surface area contributed by atoms with Crippen LogP contribution in [0.3, 0.4) is 0 Å². The van der Waals surface area contributed by atoms with Crippen LogP contribution in [0.25, 0.3) is 0 Å². The molecule has 0 bridgehead atoms. The molecule has 6 heteroatoms. The second-order valence-corrected chi connectivity index (χ2v) is 11.8. The maximum atomic E-state index is 12.1. The number of hydrogen-bond acceptors (Lipinski definition) is 4. The molecular formula is C16H33NO4Si. The van der Waals surface area contributed by atoms with Gasteiger partial charge in [0.2, 0.25) is 0 Å². The molecule has 1 saturated heterocycles. The highest BCUT2D eigenvalue weighted by Gasteiger charge is 2.56. The van der Waals surface area contributed by atoms with Gasteiger partial charge in [0, 0.05) is 13.1 Å². The van der Waals surface area contributed by atoms with Crippen molar-refractivity contribution in [3.8, 4) is 0 Å². The minimum Gasteiger partial charge on any atom is -0.444 e. The lowest BCUT2D eigenvalue weighted by atomic mass is 9.68. The fraction of sp³-hybridized carbons (Fsp3) is 0.938. The normalized spacial score (nSPS) is 19.4. The van der Waals surface area contributed by atoms with Gasteiger partial charge in [0.05, 0.1) is 17.6 Å². The molecule has 0 aliphatic carbocycles. The number of nitrogens with zero attached hydrogens (tertiary/aromatic N) is 1. The number of rotatable bonds is 4. The Balaban J connectivity index is 2.68. The van der Waals surface area contributed by atoms with E-state index in [-0.39, 0.29) is 17.7 Å². The maximum Gasteiger partial charge on any atom is 0.410 e. The molecule has 0 aromatic heterocycles. The number of carbonyl (C=O) groups is 1. The first-order valence-corrected chi connectivity index (χ1v) is 9.23. The van der Waals surface area contributed by atoms with E-state index in [0.717, 1.165) is 0 Å². The Hall–Kier alpha value is -0.593. The zero-order chi connectivity index (χ0) is 17.4. The summed E-state index contributed by atoms with van der Waals surface area (Å²) in [5, 5.41) is 10.1. The van der Waals surface area contributed by atoms with Crippen molar-refractivity contribution in [2.45, 2.75) is 71.6 Å². The van der Waals surface area contributed by atoms with Gasteiger partial charge in [-0.2, -0.15) is 0 Å². The summed E-state index contributed by atoms with van der Waals surface area (Å²) in [7, 11) is -0.729. The first-order chi connectivity index (χ1) is 9.71. The molecule has 0 atom stereocenters. The Morgan fingerprint density at radius 3 is 2.00 bits per heavy atom. The molecule has 1 N–H and O–H groups in total. The molecule has 0 aromatic rings. The molecule has 1 amide bonds. The number of likely N-dealkylation sites (tertiary alicyclic amines) is 1.